The summed E-state index contributed by atoms with van der Waals surface area (Å²) in [5, 5.41) is 12.7. The topological polar surface area (TPSA) is 59.7 Å². The van der Waals surface area contributed by atoms with Crippen LogP contribution in [0.3, 0.4) is 0 Å². The zero-order valence-corrected chi connectivity index (χ0v) is 13.6. The van der Waals surface area contributed by atoms with Crippen molar-refractivity contribution in [3.8, 4) is 17.2 Å². The predicted octanol–water partition coefficient (Wildman–Crippen LogP) is 2.88. The molecule has 1 fully saturated rings. The highest BCUT2D eigenvalue weighted by atomic mass is 19.3. The van der Waals surface area contributed by atoms with Crippen LogP contribution in [0.25, 0.3) is 17.2 Å². The number of nitrogens with zero attached hydrogens (tertiary/aromatic N) is 6. The average molecular weight is 342 g/mol. The molecule has 3 aromatic heterocycles. The van der Waals surface area contributed by atoms with Crippen molar-refractivity contribution in [2.24, 2.45) is 0 Å². The van der Waals surface area contributed by atoms with Crippen LogP contribution in [0.15, 0.2) is 42.6 Å². The first-order valence-electron chi connectivity index (χ1n) is 7.97. The molecule has 0 aliphatic carbocycles. The van der Waals surface area contributed by atoms with Gasteiger partial charge >= 0.3 is 0 Å². The van der Waals surface area contributed by atoms with Gasteiger partial charge in [-0.3, -0.25) is 4.98 Å². The Kier molecular flexibility index (Phi) is 3.67. The Morgan fingerprint density at radius 1 is 1.08 bits per heavy atom. The molecule has 0 aromatic carbocycles. The highest BCUT2D eigenvalue weighted by Gasteiger charge is 2.39. The quantitative estimate of drug-likeness (QED) is 0.732. The maximum Gasteiger partial charge on any atom is 0.266 e. The molecule has 4 rings (SSSR count). The van der Waals surface area contributed by atoms with Gasteiger partial charge in [0.1, 0.15) is 0 Å². The minimum atomic E-state index is -2.68. The molecule has 0 atom stereocenters. The normalized spacial score (nSPS) is 16.4. The summed E-state index contributed by atoms with van der Waals surface area (Å²) in [5.74, 6) is -1.68. The Balaban J connectivity index is 1.80. The molecule has 0 spiro atoms. The molecule has 25 heavy (non-hydrogen) atoms. The molecule has 6 nitrogen and oxygen atoms in total. The van der Waals surface area contributed by atoms with Gasteiger partial charge in [0, 0.05) is 25.2 Å². The number of aryl methyl sites for hydroxylation is 1. The number of anilines is 1. The fourth-order valence-corrected chi connectivity index (χ4v) is 2.83. The van der Waals surface area contributed by atoms with Crippen molar-refractivity contribution < 1.29 is 8.78 Å². The highest BCUT2D eigenvalue weighted by molar-refractivity contribution is 5.62. The first kappa shape index (κ1) is 15.6. The average Bonchev–Trinajstić information content (AvgIpc) is 3.20. The second-order valence-corrected chi connectivity index (χ2v) is 6.07. The Labute approximate surface area is 143 Å². The van der Waals surface area contributed by atoms with E-state index in [0.717, 1.165) is 5.69 Å². The molecule has 1 saturated heterocycles. The lowest BCUT2D eigenvalue weighted by atomic mass is 10.2. The Morgan fingerprint density at radius 2 is 1.96 bits per heavy atom. The number of alkyl halides is 2. The molecule has 0 amide bonds. The first-order chi connectivity index (χ1) is 12.0. The highest BCUT2D eigenvalue weighted by Crippen LogP contribution is 2.32. The van der Waals surface area contributed by atoms with Crippen molar-refractivity contribution in [2.75, 3.05) is 18.0 Å². The predicted molar refractivity (Wildman–Crippen MR) is 88.9 cm³/mol. The molecular formula is C17H16F2N6. The van der Waals surface area contributed by atoms with Crippen LogP contribution in [0, 0.1) is 6.92 Å². The van der Waals surface area contributed by atoms with Gasteiger partial charge < -0.3 is 4.90 Å². The van der Waals surface area contributed by atoms with E-state index < -0.39 is 5.92 Å². The van der Waals surface area contributed by atoms with Gasteiger partial charge in [0.15, 0.2) is 11.6 Å². The molecule has 0 bridgehead atoms. The van der Waals surface area contributed by atoms with Crippen molar-refractivity contribution in [3.05, 3.63) is 48.3 Å². The zero-order valence-electron chi connectivity index (χ0n) is 13.6. The lowest BCUT2D eigenvalue weighted by molar-refractivity contribution is 0.0256. The summed E-state index contributed by atoms with van der Waals surface area (Å²) < 4.78 is 28.7. The number of hydrogen-bond acceptors (Lipinski definition) is 5. The lowest BCUT2D eigenvalue weighted by Crippen LogP contribution is -2.25. The molecule has 0 radical (unpaired) electrons. The van der Waals surface area contributed by atoms with Gasteiger partial charge in [0.25, 0.3) is 5.92 Å². The van der Waals surface area contributed by atoms with E-state index in [2.05, 4.69) is 20.3 Å². The Hall–Kier alpha value is -2.90. The summed E-state index contributed by atoms with van der Waals surface area (Å²) in [6.45, 7) is 1.79. The smallest absolute Gasteiger partial charge is 0.266 e. The van der Waals surface area contributed by atoms with E-state index in [1.165, 1.54) is 0 Å². The van der Waals surface area contributed by atoms with Crippen LogP contribution in [-0.2, 0) is 0 Å². The van der Waals surface area contributed by atoms with Gasteiger partial charge in [-0.05, 0) is 31.2 Å². The second-order valence-electron chi connectivity index (χ2n) is 6.07. The van der Waals surface area contributed by atoms with E-state index in [1.54, 1.807) is 27.9 Å². The maximum absolute atomic E-state index is 13.6. The van der Waals surface area contributed by atoms with Crippen molar-refractivity contribution in [3.63, 3.8) is 0 Å². The van der Waals surface area contributed by atoms with E-state index in [0.29, 0.717) is 23.0 Å². The number of aromatic nitrogens is 5. The SMILES string of the molecule is Cc1ccc(-n2nc(N3CCC(F)(F)C3)cc2-c2ccccn2)nn1. The van der Waals surface area contributed by atoms with E-state index in [1.807, 2.05) is 31.2 Å². The summed E-state index contributed by atoms with van der Waals surface area (Å²) >= 11 is 0. The first-order valence-corrected chi connectivity index (χ1v) is 7.97. The Morgan fingerprint density at radius 3 is 2.60 bits per heavy atom. The standard InChI is InChI=1S/C17H16F2N6/c1-12-5-6-15(22-21-12)25-14(13-4-2-3-8-20-13)10-16(23-25)24-9-7-17(18,19)11-24/h2-6,8,10H,7,9,11H2,1H3. The molecule has 0 N–H and O–H groups in total. The third-order valence-corrected chi connectivity index (χ3v) is 4.12. The van der Waals surface area contributed by atoms with Crippen LogP contribution in [-0.4, -0.2) is 44.0 Å². The fraction of sp³-hybridized carbons (Fsp3) is 0.294. The van der Waals surface area contributed by atoms with Crippen LogP contribution < -0.4 is 4.90 Å². The molecule has 3 aromatic rings. The summed E-state index contributed by atoms with van der Waals surface area (Å²) in [4.78, 5) is 5.93. The minimum Gasteiger partial charge on any atom is -0.349 e. The minimum absolute atomic E-state index is 0.164. The van der Waals surface area contributed by atoms with Crippen molar-refractivity contribution in [1.29, 1.82) is 0 Å². The second kappa shape index (κ2) is 5.87. The number of hydrogen-bond donors (Lipinski definition) is 0. The molecular weight excluding hydrogens is 326 g/mol. The van der Waals surface area contributed by atoms with Crippen LogP contribution in [0.4, 0.5) is 14.6 Å². The van der Waals surface area contributed by atoms with E-state index in [-0.39, 0.29) is 19.5 Å². The molecule has 128 valence electrons. The van der Waals surface area contributed by atoms with Gasteiger partial charge in [-0.15, -0.1) is 10.2 Å². The molecule has 8 heteroatoms. The molecule has 0 saturated carbocycles. The van der Waals surface area contributed by atoms with Crippen LogP contribution >= 0.6 is 0 Å². The summed E-state index contributed by atoms with van der Waals surface area (Å²) in [6, 6.07) is 10.9. The number of pyridine rings is 1. The van der Waals surface area contributed by atoms with Gasteiger partial charge in [-0.2, -0.15) is 5.10 Å². The van der Waals surface area contributed by atoms with Crippen LogP contribution in [0.1, 0.15) is 12.1 Å². The Bertz CT molecular complexity index is 876. The van der Waals surface area contributed by atoms with Gasteiger partial charge in [-0.25, -0.2) is 13.5 Å². The zero-order chi connectivity index (χ0) is 17.4. The van der Waals surface area contributed by atoms with Gasteiger partial charge in [0.05, 0.1) is 23.6 Å². The fourth-order valence-electron chi connectivity index (χ4n) is 2.83. The monoisotopic (exact) mass is 342 g/mol. The van der Waals surface area contributed by atoms with Crippen LogP contribution in [0.2, 0.25) is 0 Å². The van der Waals surface area contributed by atoms with Crippen molar-refractivity contribution >= 4 is 5.82 Å². The largest absolute Gasteiger partial charge is 0.349 e. The molecule has 0 unspecified atom stereocenters. The van der Waals surface area contributed by atoms with Crippen molar-refractivity contribution in [2.45, 2.75) is 19.3 Å². The van der Waals surface area contributed by atoms with Gasteiger partial charge in [0.2, 0.25) is 0 Å². The maximum atomic E-state index is 13.6. The number of rotatable bonds is 3. The van der Waals surface area contributed by atoms with Gasteiger partial charge in [-0.1, -0.05) is 6.07 Å². The summed E-state index contributed by atoms with van der Waals surface area (Å²) in [7, 11) is 0. The third-order valence-electron chi connectivity index (χ3n) is 4.12. The van der Waals surface area contributed by atoms with E-state index in [4.69, 9.17) is 0 Å². The lowest BCUT2D eigenvalue weighted by Gasteiger charge is -2.14. The number of halogens is 2. The van der Waals surface area contributed by atoms with E-state index >= 15 is 0 Å². The molecule has 1 aliphatic rings. The molecule has 4 heterocycles. The van der Waals surface area contributed by atoms with E-state index in [9.17, 15) is 8.78 Å². The van der Waals surface area contributed by atoms with Crippen molar-refractivity contribution in [1.82, 2.24) is 25.0 Å². The summed E-state index contributed by atoms with van der Waals surface area (Å²) in [5.41, 5.74) is 2.16. The molecule has 1 aliphatic heterocycles. The third kappa shape index (κ3) is 3.07. The summed E-state index contributed by atoms with van der Waals surface area (Å²) in [6.07, 6.45) is 1.51. The van der Waals surface area contributed by atoms with Crippen LogP contribution in [0.5, 0.6) is 0 Å².